The van der Waals surface area contributed by atoms with Crippen molar-refractivity contribution in [3.8, 4) is 5.75 Å². The quantitative estimate of drug-likeness (QED) is 0.924. The van der Waals surface area contributed by atoms with Crippen molar-refractivity contribution in [3.05, 3.63) is 46.5 Å². The standard InChI is InChI=1S/C14H16BrN3O/c1-2-18-8-17-7-12(18)14-6-11(16)10-4-3-9(15)5-13(10)19-14/h3-5,7-8,11,14H,2,6,16H2,1H3. The number of fused-ring (bicyclic) bond motifs is 1. The highest BCUT2D eigenvalue weighted by Gasteiger charge is 2.28. The van der Waals surface area contributed by atoms with Gasteiger partial charge in [0, 0.05) is 29.0 Å². The molecule has 5 heteroatoms. The number of hydrogen-bond acceptors (Lipinski definition) is 3. The van der Waals surface area contributed by atoms with E-state index in [2.05, 4.69) is 32.4 Å². The molecule has 0 bridgehead atoms. The van der Waals surface area contributed by atoms with E-state index in [1.807, 2.05) is 30.7 Å². The summed E-state index contributed by atoms with van der Waals surface area (Å²) in [6.45, 7) is 2.98. The molecule has 2 heterocycles. The molecule has 0 amide bonds. The molecular formula is C14H16BrN3O. The molecule has 0 radical (unpaired) electrons. The van der Waals surface area contributed by atoms with Crippen LogP contribution in [0, 0.1) is 0 Å². The van der Waals surface area contributed by atoms with Gasteiger partial charge in [0.05, 0.1) is 18.2 Å². The van der Waals surface area contributed by atoms with E-state index in [9.17, 15) is 0 Å². The molecule has 0 saturated heterocycles. The summed E-state index contributed by atoms with van der Waals surface area (Å²) in [6.07, 6.45) is 4.45. The average molecular weight is 322 g/mol. The Morgan fingerprint density at radius 2 is 2.37 bits per heavy atom. The van der Waals surface area contributed by atoms with Gasteiger partial charge in [0.15, 0.2) is 0 Å². The van der Waals surface area contributed by atoms with Crippen molar-refractivity contribution in [1.82, 2.24) is 9.55 Å². The molecular weight excluding hydrogens is 306 g/mol. The van der Waals surface area contributed by atoms with Crippen molar-refractivity contribution in [2.75, 3.05) is 0 Å². The minimum Gasteiger partial charge on any atom is -0.484 e. The second-order valence-corrected chi connectivity index (χ2v) is 5.65. The maximum absolute atomic E-state index is 6.26. The van der Waals surface area contributed by atoms with Crippen molar-refractivity contribution in [1.29, 1.82) is 0 Å². The molecule has 19 heavy (non-hydrogen) atoms. The summed E-state index contributed by atoms with van der Waals surface area (Å²) < 4.78 is 9.20. The van der Waals surface area contributed by atoms with E-state index in [0.717, 1.165) is 34.4 Å². The lowest BCUT2D eigenvalue weighted by molar-refractivity contribution is 0.153. The van der Waals surface area contributed by atoms with Crippen molar-refractivity contribution in [2.24, 2.45) is 5.73 Å². The predicted octanol–water partition coefficient (Wildman–Crippen LogP) is 3.19. The van der Waals surface area contributed by atoms with Crippen molar-refractivity contribution in [2.45, 2.75) is 32.0 Å². The van der Waals surface area contributed by atoms with Gasteiger partial charge in [0.1, 0.15) is 11.9 Å². The molecule has 2 atom stereocenters. The third-order valence-electron chi connectivity index (χ3n) is 3.53. The Labute approximate surface area is 120 Å². The summed E-state index contributed by atoms with van der Waals surface area (Å²) in [5.41, 5.74) is 8.42. The van der Waals surface area contributed by atoms with Gasteiger partial charge in [0.25, 0.3) is 0 Å². The molecule has 1 aliphatic heterocycles. The molecule has 0 fully saturated rings. The summed E-state index contributed by atoms with van der Waals surface area (Å²) in [5.74, 6) is 0.863. The zero-order valence-corrected chi connectivity index (χ0v) is 12.3. The molecule has 0 aliphatic carbocycles. The number of halogens is 1. The van der Waals surface area contributed by atoms with Crippen LogP contribution in [0.5, 0.6) is 5.75 Å². The Morgan fingerprint density at radius 1 is 1.53 bits per heavy atom. The van der Waals surface area contributed by atoms with Gasteiger partial charge in [-0.1, -0.05) is 22.0 Å². The van der Waals surface area contributed by atoms with Gasteiger partial charge < -0.3 is 15.0 Å². The van der Waals surface area contributed by atoms with E-state index in [-0.39, 0.29) is 12.1 Å². The van der Waals surface area contributed by atoms with Gasteiger partial charge in [0.2, 0.25) is 0 Å². The number of nitrogens with two attached hydrogens (primary N) is 1. The van der Waals surface area contributed by atoms with Crippen molar-refractivity contribution < 1.29 is 4.74 Å². The lowest BCUT2D eigenvalue weighted by atomic mass is 9.96. The zero-order valence-electron chi connectivity index (χ0n) is 10.7. The Morgan fingerprint density at radius 3 is 3.16 bits per heavy atom. The molecule has 0 spiro atoms. The van der Waals surface area contributed by atoms with Crippen LogP contribution in [0.3, 0.4) is 0 Å². The highest BCUT2D eigenvalue weighted by Crippen LogP contribution is 2.40. The van der Waals surface area contributed by atoms with Gasteiger partial charge in [-0.3, -0.25) is 0 Å². The Bertz CT molecular complexity index is 596. The van der Waals surface area contributed by atoms with Crippen LogP contribution in [0.4, 0.5) is 0 Å². The second kappa shape index (κ2) is 4.98. The van der Waals surface area contributed by atoms with Crippen LogP contribution in [0.25, 0.3) is 0 Å². The van der Waals surface area contributed by atoms with Gasteiger partial charge in [-0.25, -0.2) is 4.98 Å². The lowest BCUT2D eigenvalue weighted by Gasteiger charge is -2.30. The van der Waals surface area contributed by atoms with E-state index in [1.165, 1.54) is 0 Å². The van der Waals surface area contributed by atoms with Gasteiger partial charge in [-0.15, -0.1) is 0 Å². The topological polar surface area (TPSA) is 53.1 Å². The molecule has 1 aliphatic rings. The molecule has 2 N–H and O–H groups in total. The fourth-order valence-corrected chi connectivity index (χ4v) is 2.86. The average Bonchev–Trinajstić information content (AvgIpc) is 2.86. The first kappa shape index (κ1) is 12.7. The largest absolute Gasteiger partial charge is 0.484 e. The van der Waals surface area contributed by atoms with Gasteiger partial charge in [-0.05, 0) is 19.1 Å². The Kier molecular flexibility index (Phi) is 3.33. The third-order valence-corrected chi connectivity index (χ3v) is 4.02. The molecule has 1 aromatic heterocycles. The summed E-state index contributed by atoms with van der Waals surface area (Å²) in [7, 11) is 0. The Hall–Kier alpha value is -1.33. The zero-order chi connectivity index (χ0) is 13.4. The minimum absolute atomic E-state index is 0.00190. The number of hydrogen-bond donors (Lipinski definition) is 1. The van der Waals surface area contributed by atoms with Gasteiger partial charge >= 0.3 is 0 Å². The van der Waals surface area contributed by atoms with Crippen molar-refractivity contribution in [3.63, 3.8) is 0 Å². The highest BCUT2D eigenvalue weighted by atomic mass is 79.9. The van der Waals surface area contributed by atoms with Crippen LogP contribution in [0.1, 0.15) is 36.7 Å². The number of rotatable bonds is 2. The summed E-state index contributed by atoms with van der Waals surface area (Å²) >= 11 is 3.47. The van der Waals surface area contributed by atoms with E-state index < -0.39 is 0 Å². The van der Waals surface area contributed by atoms with Crippen LogP contribution in [0.2, 0.25) is 0 Å². The number of imidazole rings is 1. The van der Waals surface area contributed by atoms with Crippen LogP contribution in [-0.4, -0.2) is 9.55 Å². The molecule has 2 aromatic rings. The van der Waals surface area contributed by atoms with Crippen LogP contribution < -0.4 is 10.5 Å². The summed E-state index contributed by atoms with van der Waals surface area (Å²) in [5, 5.41) is 0. The number of benzene rings is 1. The minimum atomic E-state index is -0.0285. The normalized spacial score (nSPS) is 21.8. The maximum Gasteiger partial charge on any atom is 0.142 e. The SMILES string of the molecule is CCn1cncc1C1CC(N)c2ccc(Br)cc2O1. The molecule has 0 saturated carbocycles. The number of aromatic nitrogens is 2. The molecule has 2 unspecified atom stereocenters. The molecule has 3 rings (SSSR count). The number of nitrogens with zero attached hydrogens (tertiary/aromatic N) is 2. The summed E-state index contributed by atoms with van der Waals surface area (Å²) in [4.78, 5) is 4.20. The predicted molar refractivity (Wildman–Crippen MR) is 77.0 cm³/mol. The number of aryl methyl sites for hydroxylation is 1. The summed E-state index contributed by atoms with van der Waals surface area (Å²) in [6, 6.07) is 6.01. The van der Waals surface area contributed by atoms with Crippen LogP contribution in [-0.2, 0) is 6.54 Å². The van der Waals surface area contributed by atoms with E-state index in [4.69, 9.17) is 10.5 Å². The first-order chi connectivity index (χ1) is 9.19. The highest BCUT2D eigenvalue weighted by molar-refractivity contribution is 9.10. The smallest absolute Gasteiger partial charge is 0.142 e. The second-order valence-electron chi connectivity index (χ2n) is 4.74. The Balaban J connectivity index is 1.96. The van der Waals surface area contributed by atoms with E-state index >= 15 is 0 Å². The first-order valence-corrected chi connectivity index (χ1v) is 7.20. The van der Waals surface area contributed by atoms with Crippen LogP contribution in [0.15, 0.2) is 35.2 Å². The van der Waals surface area contributed by atoms with Crippen LogP contribution >= 0.6 is 15.9 Å². The monoisotopic (exact) mass is 321 g/mol. The molecule has 100 valence electrons. The van der Waals surface area contributed by atoms with E-state index in [1.54, 1.807) is 0 Å². The molecule has 4 nitrogen and oxygen atoms in total. The van der Waals surface area contributed by atoms with E-state index in [0.29, 0.717) is 0 Å². The maximum atomic E-state index is 6.26. The fraction of sp³-hybridized carbons (Fsp3) is 0.357. The third kappa shape index (κ3) is 2.28. The lowest BCUT2D eigenvalue weighted by Crippen LogP contribution is -2.25. The fourth-order valence-electron chi connectivity index (χ4n) is 2.52. The van der Waals surface area contributed by atoms with Crippen molar-refractivity contribution >= 4 is 15.9 Å². The first-order valence-electron chi connectivity index (χ1n) is 6.40. The number of ether oxygens (including phenoxy) is 1. The molecule has 1 aromatic carbocycles. The van der Waals surface area contributed by atoms with Gasteiger partial charge in [-0.2, -0.15) is 0 Å².